The highest BCUT2D eigenvalue weighted by Gasteiger charge is 2.25. The Morgan fingerprint density at radius 1 is 1.18 bits per heavy atom. The van der Waals surface area contributed by atoms with Gasteiger partial charge < -0.3 is 9.64 Å². The topological polar surface area (TPSA) is 32.8 Å². The van der Waals surface area contributed by atoms with Gasteiger partial charge in [0.25, 0.3) is 0 Å². The smallest absolute Gasteiger partial charge is 0.410 e. The van der Waals surface area contributed by atoms with Crippen LogP contribution >= 0.6 is 23.2 Å². The van der Waals surface area contributed by atoms with Crippen LogP contribution in [0.2, 0.25) is 10.0 Å². The zero-order valence-corrected chi connectivity index (χ0v) is 14.7. The van der Waals surface area contributed by atoms with Crippen molar-refractivity contribution in [3.63, 3.8) is 0 Å². The monoisotopic (exact) mass is 344 g/mol. The molecule has 1 heterocycles. The van der Waals surface area contributed by atoms with E-state index in [1.165, 1.54) is 0 Å². The van der Waals surface area contributed by atoms with Crippen molar-refractivity contribution in [1.82, 2.24) is 9.80 Å². The highest BCUT2D eigenvalue weighted by Crippen LogP contribution is 2.23. The first-order chi connectivity index (χ1) is 10.2. The third-order valence-electron chi connectivity index (χ3n) is 3.43. The molecule has 1 saturated heterocycles. The van der Waals surface area contributed by atoms with E-state index in [0.29, 0.717) is 23.1 Å². The van der Waals surface area contributed by atoms with Crippen molar-refractivity contribution in [1.29, 1.82) is 0 Å². The van der Waals surface area contributed by atoms with Gasteiger partial charge in [0.2, 0.25) is 0 Å². The molecule has 1 aliphatic heterocycles. The van der Waals surface area contributed by atoms with E-state index in [1.54, 1.807) is 11.0 Å². The number of halogens is 2. The summed E-state index contributed by atoms with van der Waals surface area (Å²) in [6.07, 6.45) is -0.239. The number of benzene rings is 1. The number of piperazine rings is 1. The molecule has 0 spiro atoms. The van der Waals surface area contributed by atoms with Gasteiger partial charge in [-0.25, -0.2) is 4.79 Å². The summed E-state index contributed by atoms with van der Waals surface area (Å²) >= 11 is 12.1. The second-order valence-corrected chi connectivity index (χ2v) is 7.32. The number of ether oxygens (including phenoxy) is 1. The Morgan fingerprint density at radius 2 is 1.82 bits per heavy atom. The fraction of sp³-hybridized carbons (Fsp3) is 0.562. The van der Waals surface area contributed by atoms with Crippen LogP contribution < -0.4 is 0 Å². The SMILES string of the molecule is CC(C)(C)OC(=O)N1CCN(Cc2ccc(Cl)cc2Cl)CC1. The minimum atomic E-state index is -0.453. The minimum absolute atomic E-state index is 0.239. The number of carbonyl (C=O) groups excluding carboxylic acids is 1. The van der Waals surface area contributed by atoms with Crippen molar-refractivity contribution in [3.8, 4) is 0 Å². The molecule has 0 radical (unpaired) electrons. The highest BCUT2D eigenvalue weighted by molar-refractivity contribution is 6.35. The van der Waals surface area contributed by atoms with Crippen LogP contribution in [0.5, 0.6) is 0 Å². The zero-order valence-electron chi connectivity index (χ0n) is 13.2. The first-order valence-electron chi connectivity index (χ1n) is 7.39. The Bertz CT molecular complexity index is 535. The quantitative estimate of drug-likeness (QED) is 0.811. The molecule has 122 valence electrons. The molecule has 0 aromatic heterocycles. The molecule has 2 rings (SSSR count). The van der Waals surface area contributed by atoms with Crippen molar-refractivity contribution in [3.05, 3.63) is 33.8 Å². The lowest BCUT2D eigenvalue weighted by Gasteiger charge is -2.35. The van der Waals surface area contributed by atoms with Gasteiger partial charge in [0.15, 0.2) is 0 Å². The molecular formula is C16H22Cl2N2O2. The molecule has 1 aromatic carbocycles. The van der Waals surface area contributed by atoms with Gasteiger partial charge in [-0.1, -0.05) is 29.3 Å². The van der Waals surface area contributed by atoms with Crippen molar-refractivity contribution >= 4 is 29.3 Å². The molecular weight excluding hydrogens is 323 g/mol. The average Bonchev–Trinajstić information content (AvgIpc) is 2.41. The zero-order chi connectivity index (χ0) is 16.3. The molecule has 4 nitrogen and oxygen atoms in total. The van der Waals surface area contributed by atoms with Crippen LogP contribution in [-0.4, -0.2) is 47.7 Å². The van der Waals surface area contributed by atoms with Crippen LogP contribution in [-0.2, 0) is 11.3 Å². The van der Waals surface area contributed by atoms with Crippen LogP contribution in [0.15, 0.2) is 18.2 Å². The van der Waals surface area contributed by atoms with Crippen molar-refractivity contribution in [2.24, 2.45) is 0 Å². The van der Waals surface area contributed by atoms with E-state index in [-0.39, 0.29) is 6.09 Å². The Labute approximate surface area is 141 Å². The van der Waals surface area contributed by atoms with Gasteiger partial charge in [-0.3, -0.25) is 4.90 Å². The van der Waals surface area contributed by atoms with Gasteiger partial charge in [-0.05, 0) is 38.5 Å². The number of nitrogens with zero attached hydrogens (tertiary/aromatic N) is 2. The summed E-state index contributed by atoms with van der Waals surface area (Å²) < 4.78 is 5.40. The Morgan fingerprint density at radius 3 is 2.36 bits per heavy atom. The first-order valence-corrected chi connectivity index (χ1v) is 8.14. The Hall–Kier alpha value is -0.970. The lowest BCUT2D eigenvalue weighted by Crippen LogP contribution is -2.49. The molecule has 1 amide bonds. The number of rotatable bonds is 2. The van der Waals surface area contributed by atoms with Crippen LogP contribution in [0.1, 0.15) is 26.3 Å². The molecule has 0 unspecified atom stereocenters. The number of amides is 1. The third-order valence-corrected chi connectivity index (χ3v) is 4.02. The maximum absolute atomic E-state index is 12.0. The van der Waals surface area contributed by atoms with Gasteiger partial charge in [0.05, 0.1) is 0 Å². The summed E-state index contributed by atoms with van der Waals surface area (Å²) in [7, 11) is 0. The van der Waals surface area contributed by atoms with Gasteiger partial charge in [-0.15, -0.1) is 0 Å². The fourth-order valence-electron chi connectivity index (χ4n) is 2.31. The second-order valence-electron chi connectivity index (χ2n) is 6.48. The predicted molar refractivity (Wildman–Crippen MR) is 89.5 cm³/mol. The van der Waals surface area contributed by atoms with Gasteiger partial charge in [0, 0.05) is 42.8 Å². The molecule has 0 aliphatic carbocycles. The van der Waals surface area contributed by atoms with Gasteiger partial charge in [0.1, 0.15) is 5.60 Å². The standard InChI is InChI=1S/C16H22Cl2N2O2/c1-16(2,3)22-15(21)20-8-6-19(7-9-20)11-12-4-5-13(17)10-14(12)18/h4-5,10H,6-9,11H2,1-3H3. The summed E-state index contributed by atoms with van der Waals surface area (Å²) in [6, 6.07) is 5.56. The average molecular weight is 345 g/mol. The Kier molecular flexibility index (Phi) is 5.59. The van der Waals surface area contributed by atoms with Crippen molar-refractivity contribution in [2.45, 2.75) is 32.9 Å². The summed E-state index contributed by atoms with van der Waals surface area (Å²) in [5.74, 6) is 0. The van der Waals surface area contributed by atoms with E-state index in [0.717, 1.165) is 25.2 Å². The molecule has 1 aromatic rings. The van der Waals surface area contributed by atoms with Crippen molar-refractivity contribution < 1.29 is 9.53 Å². The number of hydrogen-bond acceptors (Lipinski definition) is 3. The van der Waals surface area contributed by atoms with E-state index in [9.17, 15) is 4.79 Å². The maximum Gasteiger partial charge on any atom is 0.410 e. The lowest BCUT2D eigenvalue weighted by atomic mass is 10.2. The van der Waals surface area contributed by atoms with E-state index in [1.807, 2.05) is 32.9 Å². The van der Waals surface area contributed by atoms with E-state index >= 15 is 0 Å². The van der Waals surface area contributed by atoms with Gasteiger partial charge >= 0.3 is 6.09 Å². The summed E-state index contributed by atoms with van der Waals surface area (Å²) in [5, 5.41) is 1.32. The maximum atomic E-state index is 12.0. The summed E-state index contributed by atoms with van der Waals surface area (Å²) in [4.78, 5) is 16.0. The fourth-order valence-corrected chi connectivity index (χ4v) is 2.77. The normalized spacial score (nSPS) is 16.7. The predicted octanol–water partition coefficient (Wildman–Crippen LogP) is 4.05. The van der Waals surface area contributed by atoms with Crippen LogP contribution in [0.3, 0.4) is 0 Å². The van der Waals surface area contributed by atoms with Crippen LogP contribution in [0.25, 0.3) is 0 Å². The number of hydrogen-bond donors (Lipinski definition) is 0. The molecule has 0 saturated carbocycles. The van der Waals surface area contributed by atoms with Crippen molar-refractivity contribution in [2.75, 3.05) is 26.2 Å². The molecule has 1 aliphatic rings. The largest absolute Gasteiger partial charge is 0.444 e. The molecule has 1 fully saturated rings. The van der Waals surface area contributed by atoms with Crippen LogP contribution in [0, 0.1) is 0 Å². The van der Waals surface area contributed by atoms with Crippen LogP contribution in [0.4, 0.5) is 4.79 Å². The van der Waals surface area contributed by atoms with Gasteiger partial charge in [-0.2, -0.15) is 0 Å². The molecule has 6 heteroatoms. The summed E-state index contributed by atoms with van der Waals surface area (Å²) in [5.41, 5.74) is 0.599. The van der Waals surface area contributed by atoms with E-state index in [2.05, 4.69) is 4.90 Å². The minimum Gasteiger partial charge on any atom is -0.444 e. The first kappa shape index (κ1) is 17.4. The third kappa shape index (κ3) is 5.04. The molecule has 22 heavy (non-hydrogen) atoms. The number of carbonyl (C=O) groups is 1. The van der Waals surface area contributed by atoms with E-state index in [4.69, 9.17) is 27.9 Å². The lowest BCUT2D eigenvalue weighted by molar-refractivity contribution is 0.0139. The second kappa shape index (κ2) is 7.07. The highest BCUT2D eigenvalue weighted by atomic mass is 35.5. The van der Waals surface area contributed by atoms with E-state index < -0.39 is 5.60 Å². The molecule has 0 N–H and O–H groups in total. The summed E-state index contributed by atoms with van der Waals surface area (Å²) in [6.45, 7) is 9.34. The molecule has 0 atom stereocenters. The Balaban J connectivity index is 1.86. The molecule has 0 bridgehead atoms.